The van der Waals surface area contributed by atoms with Crippen LogP contribution >= 0.6 is 0 Å². The van der Waals surface area contributed by atoms with Gasteiger partial charge in [0.15, 0.2) is 0 Å². The average molecular weight is 321 g/mol. The van der Waals surface area contributed by atoms with Crippen molar-refractivity contribution < 1.29 is 14.3 Å². The maximum atomic E-state index is 12.0. The van der Waals surface area contributed by atoms with Crippen LogP contribution in [0.4, 0.5) is 0 Å². The number of esters is 1. The highest BCUT2D eigenvalue weighted by atomic mass is 16.5. The van der Waals surface area contributed by atoms with Crippen molar-refractivity contribution in [2.75, 3.05) is 0 Å². The highest BCUT2D eigenvalue weighted by Gasteiger charge is 2.11. The fourth-order valence-corrected chi connectivity index (χ4v) is 2.02. The maximum absolute atomic E-state index is 12.0. The van der Waals surface area contributed by atoms with Crippen LogP contribution in [-0.2, 0) is 16.1 Å². The molecule has 0 saturated heterocycles. The van der Waals surface area contributed by atoms with E-state index in [4.69, 9.17) is 9.47 Å². The Labute approximate surface area is 141 Å². The van der Waals surface area contributed by atoms with E-state index in [-0.39, 0.29) is 18.3 Å². The molecule has 4 nitrogen and oxygen atoms in total. The molecule has 2 aromatic rings. The molecule has 0 amide bonds. The molecule has 2 rings (SSSR count). The van der Waals surface area contributed by atoms with Crippen molar-refractivity contribution >= 4 is 12.0 Å². The number of rotatable bonds is 6. The first-order chi connectivity index (χ1) is 11.6. The minimum absolute atomic E-state index is 0.0385. The zero-order valence-corrected chi connectivity index (χ0v) is 13.7. The van der Waals surface area contributed by atoms with E-state index in [1.54, 1.807) is 24.3 Å². The Bertz CT molecular complexity index is 741. The van der Waals surface area contributed by atoms with Crippen molar-refractivity contribution in [1.29, 1.82) is 5.26 Å². The van der Waals surface area contributed by atoms with E-state index in [1.807, 2.05) is 50.2 Å². The number of carbonyl (C=O) groups is 1. The number of carbonyl (C=O) groups excluding carboxylic acids is 1. The zero-order valence-electron chi connectivity index (χ0n) is 13.7. The van der Waals surface area contributed by atoms with Gasteiger partial charge in [-0.2, -0.15) is 5.26 Å². The molecule has 4 heteroatoms. The third-order valence-electron chi connectivity index (χ3n) is 3.12. The molecule has 2 aromatic carbocycles. The number of nitrogens with zero attached hydrogens (tertiary/aromatic N) is 1. The standard InChI is InChI=1S/C20H19NO3/c1-15(2)24-19-10-8-16(9-11-19)12-18(13-21)20(22)23-14-17-6-4-3-5-7-17/h3-12,15H,14H2,1-2H3. The highest BCUT2D eigenvalue weighted by Crippen LogP contribution is 2.16. The number of nitriles is 1. The Balaban J connectivity index is 2.02. The minimum Gasteiger partial charge on any atom is -0.491 e. The molecular weight excluding hydrogens is 302 g/mol. The van der Waals surface area contributed by atoms with Crippen LogP contribution in [0, 0.1) is 11.3 Å². The monoisotopic (exact) mass is 321 g/mol. The van der Waals surface area contributed by atoms with Gasteiger partial charge in [-0.3, -0.25) is 0 Å². The highest BCUT2D eigenvalue weighted by molar-refractivity contribution is 5.97. The van der Waals surface area contributed by atoms with Gasteiger partial charge in [0, 0.05) is 0 Å². The Morgan fingerprint density at radius 2 is 1.79 bits per heavy atom. The molecule has 0 radical (unpaired) electrons. The van der Waals surface area contributed by atoms with Crippen LogP contribution in [0.25, 0.3) is 6.08 Å². The van der Waals surface area contributed by atoms with Gasteiger partial charge in [0.05, 0.1) is 6.10 Å². The summed E-state index contributed by atoms with van der Waals surface area (Å²) in [6.45, 7) is 4.04. The Kier molecular flexibility index (Phi) is 6.16. The molecule has 0 fully saturated rings. The molecule has 122 valence electrons. The van der Waals surface area contributed by atoms with Gasteiger partial charge in [-0.15, -0.1) is 0 Å². The Morgan fingerprint density at radius 1 is 1.12 bits per heavy atom. The first-order valence-electron chi connectivity index (χ1n) is 7.68. The summed E-state index contributed by atoms with van der Waals surface area (Å²) in [6, 6.07) is 18.4. The first-order valence-corrected chi connectivity index (χ1v) is 7.68. The van der Waals surface area contributed by atoms with E-state index < -0.39 is 5.97 Å². The van der Waals surface area contributed by atoms with Crippen molar-refractivity contribution in [3.8, 4) is 11.8 Å². The van der Waals surface area contributed by atoms with Gasteiger partial charge in [0.25, 0.3) is 0 Å². The largest absolute Gasteiger partial charge is 0.491 e. The summed E-state index contributed by atoms with van der Waals surface area (Å²) in [5.41, 5.74) is 1.57. The second-order valence-corrected chi connectivity index (χ2v) is 5.47. The number of benzene rings is 2. The molecule has 0 N–H and O–H groups in total. The van der Waals surface area contributed by atoms with Crippen LogP contribution < -0.4 is 4.74 Å². The lowest BCUT2D eigenvalue weighted by Crippen LogP contribution is -2.07. The zero-order chi connectivity index (χ0) is 17.4. The molecule has 0 bridgehead atoms. The molecule has 0 aliphatic carbocycles. The summed E-state index contributed by atoms with van der Waals surface area (Å²) in [5.74, 6) is 0.108. The minimum atomic E-state index is -0.635. The predicted octanol–water partition coefficient (Wildman–Crippen LogP) is 4.12. The van der Waals surface area contributed by atoms with Crippen LogP contribution in [0.3, 0.4) is 0 Å². The van der Waals surface area contributed by atoms with E-state index in [1.165, 1.54) is 6.08 Å². The summed E-state index contributed by atoms with van der Waals surface area (Å²) in [5, 5.41) is 9.18. The van der Waals surface area contributed by atoms with Gasteiger partial charge in [-0.1, -0.05) is 42.5 Å². The molecule has 0 saturated carbocycles. The number of hydrogen-bond donors (Lipinski definition) is 0. The third-order valence-corrected chi connectivity index (χ3v) is 3.12. The number of ether oxygens (including phenoxy) is 2. The van der Waals surface area contributed by atoms with Crippen LogP contribution in [0.2, 0.25) is 0 Å². The summed E-state index contributed by atoms with van der Waals surface area (Å²) in [4.78, 5) is 12.0. The van der Waals surface area contributed by atoms with Crippen LogP contribution in [0.5, 0.6) is 5.75 Å². The molecule has 0 aliphatic heterocycles. The Morgan fingerprint density at radius 3 is 2.38 bits per heavy atom. The summed E-state index contributed by atoms with van der Waals surface area (Å²) in [7, 11) is 0. The molecule has 0 heterocycles. The summed E-state index contributed by atoms with van der Waals surface area (Å²) < 4.78 is 10.7. The first kappa shape index (κ1) is 17.3. The second kappa shape index (κ2) is 8.54. The van der Waals surface area contributed by atoms with E-state index in [0.29, 0.717) is 0 Å². The maximum Gasteiger partial charge on any atom is 0.349 e. The smallest absolute Gasteiger partial charge is 0.349 e. The topological polar surface area (TPSA) is 59.3 Å². The van der Waals surface area contributed by atoms with Gasteiger partial charge >= 0.3 is 5.97 Å². The van der Waals surface area contributed by atoms with Crippen molar-refractivity contribution in [1.82, 2.24) is 0 Å². The number of hydrogen-bond acceptors (Lipinski definition) is 4. The van der Waals surface area contributed by atoms with E-state index in [0.717, 1.165) is 16.9 Å². The normalized spacial score (nSPS) is 11.0. The van der Waals surface area contributed by atoms with E-state index in [9.17, 15) is 10.1 Å². The van der Waals surface area contributed by atoms with Crippen molar-refractivity contribution in [2.24, 2.45) is 0 Å². The van der Waals surface area contributed by atoms with Crippen LogP contribution in [0.15, 0.2) is 60.2 Å². The van der Waals surface area contributed by atoms with Crippen molar-refractivity contribution in [3.05, 3.63) is 71.3 Å². The fraction of sp³-hybridized carbons (Fsp3) is 0.200. The van der Waals surface area contributed by atoms with Crippen molar-refractivity contribution in [3.63, 3.8) is 0 Å². The molecule has 0 aliphatic rings. The third kappa shape index (κ3) is 5.29. The Hall–Kier alpha value is -3.06. The average Bonchev–Trinajstić information content (AvgIpc) is 2.59. The lowest BCUT2D eigenvalue weighted by atomic mass is 10.1. The molecule has 24 heavy (non-hydrogen) atoms. The van der Waals surface area contributed by atoms with E-state index in [2.05, 4.69) is 0 Å². The fourth-order valence-electron chi connectivity index (χ4n) is 2.02. The molecular formula is C20H19NO3. The molecule has 0 unspecified atom stereocenters. The molecule has 0 aromatic heterocycles. The SMILES string of the molecule is CC(C)Oc1ccc(C=C(C#N)C(=O)OCc2ccccc2)cc1. The predicted molar refractivity (Wildman–Crippen MR) is 92.0 cm³/mol. The van der Waals surface area contributed by atoms with Crippen LogP contribution in [0.1, 0.15) is 25.0 Å². The van der Waals surface area contributed by atoms with Gasteiger partial charge in [-0.25, -0.2) is 4.79 Å². The van der Waals surface area contributed by atoms with Gasteiger partial charge < -0.3 is 9.47 Å². The second-order valence-electron chi connectivity index (χ2n) is 5.47. The lowest BCUT2D eigenvalue weighted by molar-refractivity contribution is -0.139. The van der Waals surface area contributed by atoms with Gasteiger partial charge in [0.1, 0.15) is 24.0 Å². The van der Waals surface area contributed by atoms with Crippen molar-refractivity contribution in [2.45, 2.75) is 26.6 Å². The lowest BCUT2D eigenvalue weighted by Gasteiger charge is -2.09. The summed E-state index contributed by atoms with van der Waals surface area (Å²) in [6.07, 6.45) is 1.60. The van der Waals surface area contributed by atoms with Gasteiger partial charge in [0.2, 0.25) is 0 Å². The quantitative estimate of drug-likeness (QED) is 0.456. The van der Waals surface area contributed by atoms with E-state index >= 15 is 0 Å². The summed E-state index contributed by atoms with van der Waals surface area (Å²) >= 11 is 0. The molecule has 0 spiro atoms. The van der Waals surface area contributed by atoms with Crippen LogP contribution in [-0.4, -0.2) is 12.1 Å². The molecule has 0 atom stereocenters. The van der Waals surface area contributed by atoms with Gasteiger partial charge in [-0.05, 0) is 43.2 Å².